The van der Waals surface area contributed by atoms with Gasteiger partial charge in [-0.15, -0.1) is 0 Å². The Balaban J connectivity index is 0.000000561. The fraction of sp³-hybridized carbons (Fsp3) is 0.900. The van der Waals surface area contributed by atoms with Crippen LogP contribution < -0.4 is 4.90 Å². The van der Waals surface area contributed by atoms with Crippen LogP contribution in [0.1, 0.15) is 32.6 Å². The van der Waals surface area contributed by atoms with Crippen molar-refractivity contribution in [3.8, 4) is 0 Å². The van der Waals surface area contributed by atoms with Crippen LogP contribution >= 0.6 is 0 Å². The molecule has 1 N–H and O–H groups in total. The quantitative estimate of drug-likeness (QED) is 0.607. The van der Waals surface area contributed by atoms with E-state index in [2.05, 4.69) is 14.0 Å². The summed E-state index contributed by atoms with van der Waals surface area (Å²) in [7, 11) is 2.31. The SMILES string of the molecule is CCCC1CC[NH+](C)CC1.[C-]#N. The van der Waals surface area contributed by atoms with Crippen molar-refractivity contribution in [2.75, 3.05) is 20.1 Å². The summed E-state index contributed by atoms with van der Waals surface area (Å²) >= 11 is 0. The Morgan fingerprint density at radius 2 is 1.83 bits per heavy atom. The van der Waals surface area contributed by atoms with Gasteiger partial charge in [0.15, 0.2) is 0 Å². The number of piperidine rings is 1. The van der Waals surface area contributed by atoms with E-state index in [0.717, 1.165) is 5.92 Å². The first-order valence-electron chi connectivity index (χ1n) is 4.86. The van der Waals surface area contributed by atoms with E-state index >= 15 is 0 Å². The standard InChI is InChI=1S/C9H19N.CN/c1-3-4-9-5-7-10(2)8-6-9;1-2/h9H,3-8H2,1-2H3;/q;-1/p+1. The lowest BCUT2D eigenvalue weighted by Crippen LogP contribution is -3.10. The van der Waals surface area contributed by atoms with Gasteiger partial charge in [0.2, 0.25) is 0 Å². The van der Waals surface area contributed by atoms with E-state index in [1.165, 1.54) is 38.8 Å². The van der Waals surface area contributed by atoms with Crippen LogP contribution in [0.2, 0.25) is 0 Å². The van der Waals surface area contributed by atoms with Gasteiger partial charge in [0, 0.05) is 0 Å². The molecule has 0 spiro atoms. The Labute approximate surface area is 76.2 Å². The first-order valence-corrected chi connectivity index (χ1v) is 4.86. The molecule has 0 aromatic rings. The second kappa shape index (κ2) is 7.12. The molecule has 0 aromatic carbocycles. The smallest absolute Gasteiger partial charge is 0.0771 e. The molecule has 0 radical (unpaired) electrons. The van der Waals surface area contributed by atoms with E-state index in [1.807, 2.05) is 0 Å². The van der Waals surface area contributed by atoms with Crippen molar-refractivity contribution in [1.29, 1.82) is 5.26 Å². The van der Waals surface area contributed by atoms with Crippen molar-refractivity contribution < 1.29 is 4.90 Å². The summed E-state index contributed by atoms with van der Waals surface area (Å²) in [6, 6.07) is 0. The molecule has 12 heavy (non-hydrogen) atoms. The van der Waals surface area contributed by atoms with Crippen LogP contribution in [0.15, 0.2) is 0 Å². The zero-order valence-electron chi connectivity index (χ0n) is 8.27. The van der Waals surface area contributed by atoms with Crippen LogP contribution in [0.5, 0.6) is 0 Å². The number of nitrogens with one attached hydrogen (secondary N) is 1. The van der Waals surface area contributed by atoms with Crippen molar-refractivity contribution >= 4 is 0 Å². The van der Waals surface area contributed by atoms with Crippen molar-refractivity contribution in [2.24, 2.45) is 5.92 Å². The fourth-order valence-electron chi connectivity index (χ4n) is 1.87. The van der Waals surface area contributed by atoms with Crippen molar-refractivity contribution in [3.63, 3.8) is 0 Å². The normalized spacial score (nSPS) is 28.7. The molecule has 0 unspecified atom stereocenters. The van der Waals surface area contributed by atoms with Crippen molar-refractivity contribution in [3.05, 3.63) is 6.57 Å². The van der Waals surface area contributed by atoms with E-state index < -0.39 is 0 Å². The highest BCUT2D eigenvalue weighted by Gasteiger charge is 2.17. The first-order chi connectivity index (χ1) is 5.83. The molecule has 0 bridgehead atoms. The second-order valence-electron chi connectivity index (χ2n) is 3.69. The van der Waals surface area contributed by atoms with Gasteiger partial charge in [-0.05, 0) is 18.8 Å². The van der Waals surface area contributed by atoms with Gasteiger partial charge < -0.3 is 16.7 Å². The molecule has 1 aliphatic heterocycles. The molecule has 0 amide bonds. The van der Waals surface area contributed by atoms with Gasteiger partial charge >= 0.3 is 0 Å². The van der Waals surface area contributed by atoms with Crippen LogP contribution in [-0.4, -0.2) is 20.1 Å². The molecular formula is C10H20N2. The maximum atomic E-state index is 6.25. The minimum absolute atomic E-state index is 1.06. The number of hydrogen-bond donors (Lipinski definition) is 1. The molecule has 0 saturated carbocycles. The highest BCUT2D eigenvalue weighted by atomic mass is 15.1. The van der Waals surface area contributed by atoms with Crippen LogP contribution in [-0.2, 0) is 0 Å². The summed E-state index contributed by atoms with van der Waals surface area (Å²) in [5.74, 6) is 1.06. The van der Waals surface area contributed by atoms with Gasteiger partial charge in [-0.1, -0.05) is 19.8 Å². The maximum absolute atomic E-state index is 6.25. The average Bonchev–Trinajstić information content (AvgIpc) is 2.13. The van der Waals surface area contributed by atoms with Gasteiger partial charge in [0.05, 0.1) is 20.1 Å². The Hall–Kier alpha value is -0.550. The zero-order valence-corrected chi connectivity index (χ0v) is 8.27. The van der Waals surface area contributed by atoms with E-state index in [-0.39, 0.29) is 0 Å². The predicted molar refractivity (Wildman–Crippen MR) is 49.2 cm³/mol. The number of quaternary nitrogens is 1. The maximum Gasteiger partial charge on any atom is 0.0771 e. The van der Waals surface area contributed by atoms with Crippen LogP contribution in [0.25, 0.3) is 0 Å². The third-order valence-corrected chi connectivity index (χ3v) is 2.66. The lowest BCUT2D eigenvalue weighted by Gasteiger charge is -2.25. The predicted octanol–water partition coefficient (Wildman–Crippen LogP) is 0.808. The molecule has 0 atom stereocenters. The molecule has 1 saturated heterocycles. The summed E-state index contributed by atoms with van der Waals surface area (Å²) in [5.41, 5.74) is 0. The molecular weight excluding hydrogens is 148 g/mol. The van der Waals surface area contributed by atoms with Gasteiger partial charge in [-0.2, -0.15) is 0 Å². The number of rotatable bonds is 2. The topological polar surface area (TPSA) is 28.2 Å². The summed E-state index contributed by atoms with van der Waals surface area (Å²) in [4.78, 5) is 1.73. The first kappa shape index (κ1) is 11.4. The van der Waals surface area contributed by atoms with Crippen LogP contribution in [0.4, 0.5) is 0 Å². The van der Waals surface area contributed by atoms with Crippen molar-refractivity contribution in [1.82, 2.24) is 0 Å². The number of nitrogens with zero attached hydrogens (tertiary/aromatic N) is 1. The summed E-state index contributed by atoms with van der Waals surface area (Å²) in [5, 5.41) is 6.25. The Kier molecular flexibility index (Phi) is 6.79. The lowest BCUT2D eigenvalue weighted by atomic mass is 9.93. The summed E-state index contributed by atoms with van der Waals surface area (Å²) < 4.78 is 0. The van der Waals surface area contributed by atoms with Crippen LogP contribution in [0, 0.1) is 17.8 Å². The second-order valence-corrected chi connectivity index (χ2v) is 3.69. The number of hydrogen-bond acceptors (Lipinski definition) is 1. The Morgan fingerprint density at radius 1 is 1.33 bits per heavy atom. The summed E-state index contributed by atoms with van der Waals surface area (Å²) in [6.45, 7) is 9.86. The molecule has 2 heteroatoms. The third-order valence-electron chi connectivity index (χ3n) is 2.66. The molecule has 70 valence electrons. The molecule has 1 heterocycles. The Bertz CT molecular complexity index is 112. The third kappa shape index (κ3) is 4.35. The van der Waals surface area contributed by atoms with Gasteiger partial charge in [0.1, 0.15) is 0 Å². The lowest BCUT2D eigenvalue weighted by molar-refractivity contribution is -0.886. The van der Waals surface area contributed by atoms with E-state index in [4.69, 9.17) is 11.8 Å². The summed E-state index contributed by atoms with van der Waals surface area (Å²) in [6.07, 6.45) is 5.79. The average molecular weight is 168 g/mol. The van der Waals surface area contributed by atoms with E-state index in [1.54, 1.807) is 4.90 Å². The highest BCUT2D eigenvalue weighted by molar-refractivity contribution is 4.60. The van der Waals surface area contributed by atoms with Gasteiger partial charge in [-0.3, -0.25) is 0 Å². The minimum atomic E-state index is 1.06. The van der Waals surface area contributed by atoms with E-state index in [9.17, 15) is 0 Å². The molecule has 1 rings (SSSR count). The Morgan fingerprint density at radius 3 is 2.25 bits per heavy atom. The largest absolute Gasteiger partial charge is 0.512 e. The minimum Gasteiger partial charge on any atom is -0.512 e. The molecule has 0 aromatic heterocycles. The van der Waals surface area contributed by atoms with Gasteiger partial charge in [-0.25, -0.2) is 0 Å². The molecule has 0 aliphatic carbocycles. The van der Waals surface area contributed by atoms with Crippen molar-refractivity contribution in [2.45, 2.75) is 32.6 Å². The fourth-order valence-corrected chi connectivity index (χ4v) is 1.87. The highest BCUT2D eigenvalue weighted by Crippen LogP contribution is 2.15. The molecule has 2 nitrogen and oxygen atoms in total. The molecule has 1 fully saturated rings. The van der Waals surface area contributed by atoms with Crippen LogP contribution in [0.3, 0.4) is 0 Å². The monoisotopic (exact) mass is 168 g/mol. The molecule has 1 aliphatic rings. The zero-order chi connectivity index (χ0) is 9.40. The van der Waals surface area contributed by atoms with E-state index in [0.29, 0.717) is 0 Å². The van der Waals surface area contributed by atoms with Gasteiger partial charge in [0.25, 0.3) is 0 Å². The number of likely N-dealkylation sites (tertiary alicyclic amines) is 1.